The van der Waals surface area contributed by atoms with Gasteiger partial charge in [0.1, 0.15) is 0 Å². The number of carbonyl (C=O) groups is 1. The molecule has 0 spiro atoms. The van der Waals surface area contributed by atoms with E-state index in [9.17, 15) is 4.79 Å². The van der Waals surface area contributed by atoms with Crippen molar-refractivity contribution >= 4 is 5.97 Å². The Hall–Kier alpha value is -1.05. The zero-order chi connectivity index (χ0) is 9.14. The van der Waals surface area contributed by atoms with E-state index in [4.69, 9.17) is 5.11 Å². The lowest BCUT2D eigenvalue weighted by Gasteiger charge is -2.04. The van der Waals surface area contributed by atoms with Gasteiger partial charge in [0.2, 0.25) is 0 Å². The number of carboxylic acid groups (broad SMARTS) is 1. The van der Waals surface area contributed by atoms with E-state index in [-0.39, 0.29) is 0 Å². The number of allylic oxidation sites excluding steroid dienone is 2. The Bertz CT molecular complexity index is 238. The number of hydrogen-bond donors (Lipinski definition) is 1. The fourth-order valence-electron chi connectivity index (χ4n) is 1.51. The minimum atomic E-state index is -0.824. The van der Waals surface area contributed by atoms with E-state index in [0.717, 1.165) is 19.3 Å². The zero-order valence-corrected chi connectivity index (χ0v) is 7.34. The molecule has 0 aliphatic heterocycles. The summed E-state index contributed by atoms with van der Waals surface area (Å²) in [5, 5.41) is 8.63. The van der Waals surface area contributed by atoms with Crippen LogP contribution in [0.15, 0.2) is 23.8 Å². The Morgan fingerprint density at radius 2 is 2.42 bits per heavy atom. The fourth-order valence-corrected chi connectivity index (χ4v) is 1.51. The lowest BCUT2D eigenvalue weighted by atomic mass is 10.0. The topological polar surface area (TPSA) is 37.3 Å². The molecule has 0 aromatic heterocycles. The molecule has 1 N–H and O–H groups in total. The average molecular weight is 166 g/mol. The van der Waals surface area contributed by atoms with Crippen LogP contribution in [0.25, 0.3) is 0 Å². The smallest absolute Gasteiger partial charge is 0.330 e. The summed E-state index contributed by atoms with van der Waals surface area (Å²) in [5.41, 5.74) is 1.61. The number of aliphatic carboxylic acids is 1. The van der Waals surface area contributed by atoms with Crippen molar-refractivity contribution in [3.63, 3.8) is 0 Å². The Kier molecular flexibility index (Phi) is 2.69. The fraction of sp³-hybridized carbons (Fsp3) is 0.500. The molecule has 0 saturated heterocycles. The summed E-state index contributed by atoms with van der Waals surface area (Å²) in [7, 11) is 0. The maximum absolute atomic E-state index is 10.5. The molecule has 2 nitrogen and oxygen atoms in total. The quantitative estimate of drug-likeness (QED) is 0.505. The van der Waals surface area contributed by atoms with Gasteiger partial charge in [-0.3, -0.25) is 0 Å². The minimum Gasteiger partial charge on any atom is -0.478 e. The first-order chi connectivity index (χ1) is 5.61. The first kappa shape index (κ1) is 9.04. The zero-order valence-electron chi connectivity index (χ0n) is 7.34. The van der Waals surface area contributed by atoms with Gasteiger partial charge in [-0.15, -0.1) is 0 Å². The molecule has 0 radical (unpaired) electrons. The summed E-state index contributed by atoms with van der Waals surface area (Å²) in [6, 6.07) is 0. The molecule has 1 unspecified atom stereocenters. The summed E-state index contributed by atoms with van der Waals surface area (Å²) in [5.74, 6) is -0.518. The highest BCUT2D eigenvalue weighted by Crippen LogP contribution is 2.31. The number of hydrogen-bond acceptors (Lipinski definition) is 1. The van der Waals surface area contributed by atoms with Crippen molar-refractivity contribution in [1.82, 2.24) is 0 Å². The highest BCUT2D eigenvalue weighted by Gasteiger charge is 2.17. The molecule has 0 heterocycles. The molecule has 1 rings (SSSR count). The first-order valence-corrected chi connectivity index (χ1v) is 4.20. The molecule has 0 aromatic carbocycles. The SMILES string of the molecule is C=C1CCCC1C=C(C)C(=O)O. The van der Waals surface area contributed by atoms with Gasteiger partial charge in [-0.1, -0.05) is 18.2 Å². The molecule has 12 heavy (non-hydrogen) atoms. The van der Waals surface area contributed by atoms with Gasteiger partial charge >= 0.3 is 5.97 Å². The lowest BCUT2D eigenvalue weighted by Crippen LogP contribution is -2.00. The van der Waals surface area contributed by atoms with Crippen LogP contribution in [0.3, 0.4) is 0 Å². The molecule has 1 aliphatic carbocycles. The molecule has 0 bridgehead atoms. The van der Waals surface area contributed by atoms with Crippen molar-refractivity contribution in [1.29, 1.82) is 0 Å². The Morgan fingerprint density at radius 3 is 2.83 bits per heavy atom. The van der Waals surface area contributed by atoms with E-state index in [1.807, 2.05) is 6.08 Å². The number of carboxylic acids is 1. The van der Waals surface area contributed by atoms with Gasteiger partial charge in [0.05, 0.1) is 0 Å². The third-order valence-electron chi connectivity index (χ3n) is 2.33. The summed E-state index contributed by atoms with van der Waals surface area (Å²) in [6.07, 6.45) is 5.07. The molecular formula is C10H14O2. The Balaban J connectivity index is 2.66. The van der Waals surface area contributed by atoms with Crippen LogP contribution >= 0.6 is 0 Å². The summed E-state index contributed by atoms with van der Waals surface area (Å²) in [4.78, 5) is 10.5. The van der Waals surface area contributed by atoms with Crippen LogP contribution in [0, 0.1) is 5.92 Å². The molecule has 1 saturated carbocycles. The maximum Gasteiger partial charge on any atom is 0.330 e. The Morgan fingerprint density at radius 1 is 1.75 bits per heavy atom. The average Bonchev–Trinajstić information content (AvgIpc) is 2.36. The van der Waals surface area contributed by atoms with E-state index >= 15 is 0 Å². The van der Waals surface area contributed by atoms with E-state index in [1.165, 1.54) is 5.57 Å². The second kappa shape index (κ2) is 3.57. The van der Waals surface area contributed by atoms with Crippen LogP contribution in [0.4, 0.5) is 0 Å². The summed E-state index contributed by atoms with van der Waals surface area (Å²) >= 11 is 0. The second-order valence-electron chi connectivity index (χ2n) is 3.31. The predicted molar refractivity (Wildman–Crippen MR) is 47.9 cm³/mol. The third-order valence-corrected chi connectivity index (χ3v) is 2.33. The van der Waals surface area contributed by atoms with Crippen LogP contribution in [-0.4, -0.2) is 11.1 Å². The Labute approximate surface area is 72.6 Å². The van der Waals surface area contributed by atoms with Crippen molar-refractivity contribution in [2.75, 3.05) is 0 Å². The largest absolute Gasteiger partial charge is 0.478 e. The van der Waals surface area contributed by atoms with Gasteiger partial charge in [0.15, 0.2) is 0 Å². The van der Waals surface area contributed by atoms with E-state index < -0.39 is 5.97 Å². The normalized spacial score (nSPS) is 24.6. The molecular weight excluding hydrogens is 152 g/mol. The molecule has 0 amide bonds. The molecule has 1 aliphatic rings. The van der Waals surface area contributed by atoms with E-state index in [2.05, 4.69) is 6.58 Å². The maximum atomic E-state index is 10.5. The highest BCUT2D eigenvalue weighted by molar-refractivity contribution is 5.85. The monoisotopic (exact) mass is 166 g/mol. The van der Waals surface area contributed by atoms with Gasteiger partial charge < -0.3 is 5.11 Å². The first-order valence-electron chi connectivity index (χ1n) is 4.20. The highest BCUT2D eigenvalue weighted by atomic mass is 16.4. The van der Waals surface area contributed by atoms with Crippen molar-refractivity contribution in [3.05, 3.63) is 23.8 Å². The van der Waals surface area contributed by atoms with Gasteiger partial charge in [0, 0.05) is 5.57 Å². The van der Waals surface area contributed by atoms with Crippen LogP contribution in [0.2, 0.25) is 0 Å². The van der Waals surface area contributed by atoms with Gasteiger partial charge in [-0.2, -0.15) is 0 Å². The van der Waals surface area contributed by atoms with E-state index in [0.29, 0.717) is 11.5 Å². The van der Waals surface area contributed by atoms with Crippen LogP contribution < -0.4 is 0 Å². The number of rotatable bonds is 2. The van der Waals surface area contributed by atoms with E-state index in [1.54, 1.807) is 6.92 Å². The van der Waals surface area contributed by atoms with Crippen molar-refractivity contribution in [2.24, 2.45) is 5.92 Å². The summed E-state index contributed by atoms with van der Waals surface area (Å²) in [6.45, 7) is 5.54. The molecule has 1 atom stereocenters. The molecule has 1 fully saturated rings. The van der Waals surface area contributed by atoms with Crippen LogP contribution in [0.5, 0.6) is 0 Å². The van der Waals surface area contributed by atoms with Crippen LogP contribution in [0.1, 0.15) is 26.2 Å². The van der Waals surface area contributed by atoms with Crippen LogP contribution in [-0.2, 0) is 4.79 Å². The van der Waals surface area contributed by atoms with Gasteiger partial charge in [-0.25, -0.2) is 4.79 Å². The minimum absolute atomic E-state index is 0.307. The molecule has 0 aromatic rings. The molecule has 66 valence electrons. The van der Waals surface area contributed by atoms with Crippen molar-refractivity contribution in [3.8, 4) is 0 Å². The van der Waals surface area contributed by atoms with Gasteiger partial charge in [0.25, 0.3) is 0 Å². The molecule has 2 heteroatoms. The summed E-state index contributed by atoms with van der Waals surface area (Å²) < 4.78 is 0. The third kappa shape index (κ3) is 1.97. The predicted octanol–water partition coefficient (Wildman–Crippen LogP) is 2.37. The standard InChI is InChI=1S/C10H14O2/c1-7-4-3-5-9(7)6-8(2)10(11)12/h6,9H,1,3-5H2,2H3,(H,11,12). The second-order valence-corrected chi connectivity index (χ2v) is 3.31. The van der Waals surface area contributed by atoms with Crippen molar-refractivity contribution < 1.29 is 9.90 Å². The van der Waals surface area contributed by atoms with Crippen molar-refractivity contribution in [2.45, 2.75) is 26.2 Å². The lowest BCUT2D eigenvalue weighted by molar-refractivity contribution is -0.132. The van der Waals surface area contributed by atoms with Gasteiger partial charge in [-0.05, 0) is 32.1 Å².